The van der Waals surface area contributed by atoms with E-state index >= 15 is 0 Å². The van der Waals surface area contributed by atoms with Crippen molar-refractivity contribution in [2.75, 3.05) is 0 Å². The zero-order chi connectivity index (χ0) is 18.9. The zero-order valence-electron chi connectivity index (χ0n) is 15.4. The van der Waals surface area contributed by atoms with Gasteiger partial charge in [0.2, 0.25) is 6.33 Å². The Kier molecular flexibility index (Phi) is 3.91. The molecule has 0 saturated heterocycles. The predicted molar refractivity (Wildman–Crippen MR) is 107 cm³/mol. The summed E-state index contributed by atoms with van der Waals surface area (Å²) in [6.45, 7) is 0. The van der Waals surface area contributed by atoms with E-state index in [0.717, 1.165) is 33.9 Å². The number of fused-ring (bicyclic) bond motifs is 1. The fraction of sp³-hybridized carbons (Fsp3) is 0.0435. The van der Waals surface area contributed by atoms with Crippen molar-refractivity contribution in [2.24, 2.45) is 7.05 Å². The smallest absolute Gasteiger partial charge is 0.244 e. The van der Waals surface area contributed by atoms with E-state index in [-0.39, 0.29) is 0 Å². The molecule has 28 heavy (non-hydrogen) atoms. The molecule has 3 aromatic carbocycles. The van der Waals surface area contributed by atoms with Gasteiger partial charge in [-0.2, -0.15) is 0 Å². The molecule has 2 heterocycles. The highest BCUT2D eigenvalue weighted by atomic mass is 16.5. The van der Waals surface area contributed by atoms with Crippen molar-refractivity contribution in [1.29, 1.82) is 0 Å². The maximum Gasteiger partial charge on any atom is 0.244 e. The van der Waals surface area contributed by atoms with Gasteiger partial charge in [0.25, 0.3) is 0 Å². The molecule has 0 bridgehead atoms. The SMILES string of the molecule is C[n+]1[c-]n(-c2cccc(Oc3cccc(-n4ccnc4)c3)c2)c2ccccc21. The van der Waals surface area contributed by atoms with Crippen molar-refractivity contribution in [2.45, 2.75) is 0 Å². The molecular weight excluding hydrogens is 348 g/mol. The first-order chi connectivity index (χ1) is 13.8. The van der Waals surface area contributed by atoms with Crippen LogP contribution in [0.15, 0.2) is 91.5 Å². The van der Waals surface area contributed by atoms with Gasteiger partial charge in [0.1, 0.15) is 11.5 Å². The second kappa shape index (κ2) is 6.70. The Hall–Kier alpha value is -3.86. The first-order valence-electron chi connectivity index (χ1n) is 9.03. The van der Waals surface area contributed by atoms with Crippen LogP contribution >= 0.6 is 0 Å². The van der Waals surface area contributed by atoms with Gasteiger partial charge in [0, 0.05) is 18.5 Å². The number of nitrogens with zero attached hydrogens (tertiary/aromatic N) is 4. The third-order valence-corrected chi connectivity index (χ3v) is 4.67. The fourth-order valence-corrected chi connectivity index (χ4v) is 3.33. The second-order valence-corrected chi connectivity index (χ2v) is 6.55. The molecule has 0 N–H and O–H groups in total. The van der Waals surface area contributed by atoms with Gasteiger partial charge >= 0.3 is 0 Å². The average Bonchev–Trinajstić information content (AvgIpc) is 3.38. The lowest BCUT2D eigenvalue weighted by Crippen LogP contribution is -2.26. The predicted octanol–water partition coefficient (Wildman–Crippen LogP) is 4.23. The number of imidazole rings is 2. The quantitative estimate of drug-likeness (QED) is 0.352. The highest BCUT2D eigenvalue weighted by molar-refractivity contribution is 5.74. The molecule has 0 aliphatic rings. The summed E-state index contributed by atoms with van der Waals surface area (Å²) in [4.78, 5) is 4.10. The lowest BCUT2D eigenvalue weighted by Gasteiger charge is -2.11. The minimum absolute atomic E-state index is 0.772. The van der Waals surface area contributed by atoms with E-state index in [2.05, 4.69) is 29.5 Å². The molecule has 5 nitrogen and oxygen atoms in total. The van der Waals surface area contributed by atoms with E-state index in [4.69, 9.17) is 4.74 Å². The van der Waals surface area contributed by atoms with Crippen molar-refractivity contribution < 1.29 is 9.30 Å². The van der Waals surface area contributed by atoms with Crippen LogP contribution in [0.25, 0.3) is 22.4 Å². The van der Waals surface area contributed by atoms with Crippen LogP contribution in [0.1, 0.15) is 0 Å². The Balaban J connectivity index is 1.49. The third kappa shape index (κ3) is 2.93. The van der Waals surface area contributed by atoms with E-state index in [1.54, 1.807) is 12.5 Å². The number of hydrogen-bond acceptors (Lipinski definition) is 2. The molecule has 5 rings (SSSR count). The van der Waals surface area contributed by atoms with Gasteiger partial charge in [0.05, 0.1) is 35.8 Å². The highest BCUT2D eigenvalue weighted by Crippen LogP contribution is 2.26. The summed E-state index contributed by atoms with van der Waals surface area (Å²) in [6, 6.07) is 24.2. The van der Waals surface area contributed by atoms with Crippen LogP contribution < -0.4 is 9.30 Å². The molecule has 2 aromatic heterocycles. The van der Waals surface area contributed by atoms with Crippen molar-refractivity contribution in [3.8, 4) is 22.9 Å². The van der Waals surface area contributed by atoms with Crippen molar-refractivity contribution in [1.82, 2.24) is 14.1 Å². The lowest BCUT2D eigenvalue weighted by atomic mass is 10.2. The van der Waals surface area contributed by atoms with Gasteiger partial charge in [-0.25, -0.2) is 4.98 Å². The van der Waals surface area contributed by atoms with E-state index in [1.165, 1.54) is 0 Å². The molecule has 5 heteroatoms. The molecular formula is C23H18N4O. The Labute approximate surface area is 162 Å². The largest absolute Gasteiger partial charge is 0.458 e. The number of para-hydroxylation sites is 2. The summed E-state index contributed by atoms with van der Waals surface area (Å²) >= 11 is 0. The Morgan fingerprint density at radius 1 is 0.893 bits per heavy atom. The maximum atomic E-state index is 6.13. The number of benzene rings is 3. The summed E-state index contributed by atoms with van der Waals surface area (Å²) in [6.07, 6.45) is 8.79. The molecule has 0 aliphatic carbocycles. The summed E-state index contributed by atoms with van der Waals surface area (Å²) in [5.41, 5.74) is 4.23. The number of rotatable bonds is 4. The summed E-state index contributed by atoms with van der Waals surface area (Å²) in [7, 11) is 2.00. The molecule has 0 atom stereocenters. The van der Waals surface area contributed by atoms with Crippen LogP contribution in [0.2, 0.25) is 0 Å². The lowest BCUT2D eigenvalue weighted by molar-refractivity contribution is -0.649. The van der Waals surface area contributed by atoms with Crippen LogP contribution in [-0.2, 0) is 7.05 Å². The van der Waals surface area contributed by atoms with Gasteiger partial charge in [-0.15, -0.1) is 0 Å². The van der Waals surface area contributed by atoms with E-state index in [1.807, 2.05) is 81.5 Å². The van der Waals surface area contributed by atoms with Crippen LogP contribution in [-0.4, -0.2) is 14.1 Å². The van der Waals surface area contributed by atoms with Crippen LogP contribution in [0.5, 0.6) is 11.5 Å². The van der Waals surface area contributed by atoms with E-state index < -0.39 is 0 Å². The van der Waals surface area contributed by atoms with Gasteiger partial charge in [0.15, 0.2) is 0 Å². The monoisotopic (exact) mass is 366 g/mol. The van der Waals surface area contributed by atoms with Crippen molar-refractivity contribution in [3.63, 3.8) is 0 Å². The van der Waals surface area contributed by atoms with Gasteiger partial charge < -0.3 is 18.4 Å². The first-order valence-corrected chi connectivity index (χ1v) is 9.03. The van der Waals surface area contributed by atoms with Crippen LogP contribution in [0.4, 0.5) is 0 Å². The molecule has 136 valence electrons. The van der Waals surface area contributed by atoms with Crippen molar-refractivity contribution in [3.05, 3.63) is 97.8 Å². The van der Waals surface area contributed by atoms with Crippen molar-refractivity contribution >= 4 is 11.0 Å². The number of ether oxygens (including phenoxy) is 1. The van der Waals surface area contributed by atoms with Gasteiger partial charge in [-0.1, -0.05) is 42.5 Å². The fourth-order valence-electron chi connectivity index (χ4n) is 3.33. The summed E-state index contributed by atoms with van der Waals surface area (Å²) < 4.78 is 12.1. The molecule has 5 aromatic rings. The summed E-state index contributed by atoms with van der Waals surface area (Å²) in [5, 5.41) is 0. The van der Waals surface area contributed by atoms with Crippen LogP contribution in [0, 0.1) is 6.33 Å². The number of aryl methyl sites for hydroxylation is 1. The normalized spacial score (nSPS) is 11.0. The molecule has 0 unspecified atom stereocenters. The highest BCUT2D eigenvalue weighted by Gasteiger charge is 2.08. The summed E-state index contributed by atoms with van der Waals surface area (Å²) in [5.74, 6) is 1.55. The molecule has 0 radical (unpaired) electrons. The minimum Gasteiger partial charge on any atom is -0.458 e. The standard InChI is InChI=1S/C23H18N4O/c1-25-17-27(23-11-3-2-10-22(23)25)19-7-5-9-21(15-19)28-20-8-4-6-18(14-20)26-13-12-24-16-26/h2-16H,1H3. The first kappa shape index (κ1) is 16.3. The van der Waals surface area contributed by atoms with E-state index in [9.17, 15) is 0 Å². The number of aromatic nitrogens is 4. The number of hydrogen-bond donors (Lipinski definition) is 0. The second-order valence-electron chi connectivity index (χ2n) is 6.55. The molecule has 0 aliphatic heterocycles. The Morgan fingerprint density at radius 3 is 2.43 bits per heavy atom. The third-order valence-electron chi connectivity index (χ3n) is 4.67. The molecule has 0 amide bonds. The van der Waals surface area contributed by atoms with E-state index in [0.29, 0.717) is 0 Å². The molecule has 0 fully saturated rings. The average molecular weight is 366 g/mol. The topological polar surface area (TPSA) is 35.9 Å². The molecule has 0 spiro atoms. The molecule has 0 saturated carbocycles. The zero-order valence-corrected chi connectivity index (χ0v) is 15.4. The maximum absolute atomic E-state index is 6.13. The minimum atomic E-state index is 0.772. The Bertz CT molecular complexity index is 1250. The van der Waals surface area contributed by atoms with Crippen LogP contribution in [0.3, 0.4) is 0 Å². The Morgan fingerprint density at radius 2 is 1.64 bits per heavy atom. The van der Waals surface area contributed by atoms with Gasteiger partial charge in [-0.05, 0) is 24.3 Å². The van der Waals surface area contributed by atoms with Gasteiger partial charge in [-0.3, -0.25) is 0 Å².